The predicted molar refractivity (Wildman–Crippen MR) is 129 cm³/mol. The molecule has 4 rings (SSSR count). The van der Waals surface area contributed by atoms with E-state index in [1.165, 1.54) is 0 Å². The van der Waals surface area contributed by atoms with Gasteiger partial charge in [0.05, 0.1) is 16.8 Å². The van der Waals surface area contributed by atoms with Crippen LogP contribution in [0.2, 0.25) is 0 Å². The van der Waals surface area contributed by atoms with Gasteiger partial charge in [0.2, 0.25) is 0 Å². The molecule has 7 heteroatoms. The maximum absolute atomic E-state index is 12.4. The van der Waals surface area contributed by atoms with Crippen molar-refractivity contribution < 1.29 is 14.6 Å². The molecule has 0 bridgehead atoms. The molecular formula is C26H30N4O3. The first-order valence-electron chi connectivity index (χ1n) is 11.3. The van der Waals surface area contributed by atoms with Crippen molar-refractivity contribution in [2.45, 2.75) is 39.8 Å². The number of aryl methyl sites for hydroxylation is 1. The van der Waals surface area contributed by atoms with Crippen LogP contribution >= 0.6 is 0 Å². The molecule has 7 nitrogen and oxygen atoms in total. The smallest absolute Gasteiger partial charge is 0.410 e. The Hall–Kier alpha value is -3.66. The number of nitrogens with zero attached hydrogens (tertiary/aromatic N) is 4. The monoisotopic (exact) mass is 446 g/mol. The van der Waals surface area contributed by atoms with Gasteiger partial charge in [-0.15, -0.1) is 0 Å². The number of phenols is 1. The number of hydrogen-bond donors (Lipinski definition) is 1. The molecule has 0 aliphatic carbocycles. The van der Waals surface area contributed by atoms with E-state index in [1.54, 1.807) is 17.0 Å². The van der Waals surface area contributed by atoms with Gasteiger partial charge in [0, 0.05) is 43.8 Å². The van der Waals surface area contributed by atoms with E-state index in [0.717, 1.165) is 27.8 Å². The Morgan fingerprint density at radius 1 is 1.09 bits per heavy atom. The van der Waals surface area contributed by atoms with Crippen molar-refractivity contribution in [2.75, 3.05) is 31.1 Å². The molecule has 1 aliphatic rings. The topological polar surface area (TPSA) is 81.7 Å². The van der Waals surface area contributed by atoms with Crippen LogP contribution in [-0.2, 0) is 11.3 Å². The molecule has 172 valence electrons. The van der Waals surface area contributed by atoms with Gasteiger partial charge in [-0.25, -0.2) is 4.79 Å². The molecular weight excluding hydrogens is 416 g/mol. The number of hydrogen-bond acceptors (Lipinski definition) is 5. The highest BCUT2D eigenvalue weighted by atomic mass is 16.6. The van der Waals surface area contributed by atoms with Crippen molar-refractivity contribution in [3.8, 4) is 23.1 Å². The minimum absolute atomic E-state index is 0.198. The average Bonchev–Trinajstić information content (AvgIpc) is 3.11. The van der Waals surface area contributed by atoms with Crippen LogP contribution < -0.4 is 4.90 Å². The first-order valence-corrected chi connectivity index (χ1v) is 11.3. The van der Waals surface area contributed by atoms with Gasteiger partial charge in [-0.05, 0) is 75.7 Å². The number of anilines is 1. The molecule has 1 aliphatic heterocycles. The van der Waals surface area contributed by atoms with Crippen LogP contribution in [0, 0.1) is 11.3 Å². The summed E-state index contributed by atoms with van der Waals surface area (Å²) in [5, 5.41) is 20.5. The Kier molecular flexibility index (Phi) is 5.94. The largest absolute Gasteiger partial charge is 0.508 e. The van der Waals surface area contributed by atoms with Crippen LogP contribution in [0.15, 0.2) is 42.5 Å². The predicted octanol–water partition coefficient (Wildman–Crippen LogP) is 4.96. The second-order valence-corrected chi connectivity index (χ2v) is 9.28. The lowest BCUT2D eigenvalue weighted by atomic mass is 10.1. The maximum atomic E-state index is 12.4. The summed E-state index contributed by atoms with van der Waals surface area (Å²) in [5.74, 6) is 0.198. The molecule has 1 N–H and O–H groups in total. The summed E-state index contributed by atoms with van der Waals surface area (Å²) in [6.45, 7) is 11.0. The Morgan fingerprint density at radius 2 is 1.76 bits per heavy atom. The second-order valence-electron chi connectivity index (χ2n) is 9.28. The van der Waals surface area contributed by atoms with Crippen molar-refractivity contribution >= 4 is 22.7 Å². The van der Waals surface area contributed by atoms with Gasteiger partial charge in [0.1, 0.15) is 17.4 Å². The molecule has 1 amide bonds. The van der Waals surface area contributed by atoms with Crippen LogP contribution in [0.5, 0.6) is 5.75 Å². The highest BCUT2D eigenvalue weighted by Gasteiger charge is 2.26. The van der Waals surface area contributed by atoms with Crippen LogP contribution in [0.25, 0.3) is 22.2 Å². The Labute approximate surface area is 194 Å². The molecule has 2 heterocycles. The van der Waals surface area contributed by atoms with Crippen molar-refractivity contribution in [3.63, 3.8) is 0 Å². The molecule has 0 radical (unpaired) electrons. The van der Waals surface area contributed by atoms with Gasteiger partial charge in [0.25, 0.3) is 0 Å². The van der Waals surface area contributed by atoms with Gasteiger partial charge in [-0.2, -0.15) is 5.26 Å². The zero-order chi connectivity index (χ0) is 23.8. The zero-order valence-electron chi connectivity index (χ0n) is 19.6. The fourth-order valence-corrected chi connectivity index (χ4v) is 4.37. The first-order chi connectivity index (χ1) is 15.7. The molecule has 2 aromatic carbocycles. The number of piperazine rings is 1. The quantitative estimate of drug-likeness (QED) is 0.615. The lowest BCUT2D eigenvalue weighted by Gasteiger charge is -2.36. The molecule has 0 saturated carbocycles. The van der Waals surface area contributed by atoms with Crippen LogP contribution in [0.3, 0.4) is 0 Å². The number of fused-ring (bicyclic) bond motifs is 1. The van der Waals surface area contributed by atoms with Crippen molar-refractivity contribution in [2.24, 2.45) is 0 Å². The maximum Gasteiger partial charge on any atom is 0.410 e. The molecule has 1 aromatic heterocycles. The first kappa shape index (κ1) is 22.5. The summed E-state index contributed by atoms with van der Waals surface area (Å²) in [4.78, 5) is 16.4. The van der Waals surface area contributed by atoms with Gasteiger partial charge < -0.3 is 24.2 Å². The molecule has 3 aromatic rings. The summed E-state index contributed by atoms with van der Waals surface area (Å²) < 4.78 is 7.66. The highest BCUT2D eigenvalue weighted by Crippen LogP contribution is 2.36. The standard InChI is InChI=1S/C26H30N4O3/c1-5-30-23-16-19(28-12-14-29(15-13-28)25(32)33-26(2,3)4)8-11-21(23)22(17-27)24(30)18-6-9-20(31)10-7-18/h6-11,16,31H,5,12-15H2,1-4H3. The minimum atomic E-state index is -0.502. The zero-order valence-corrected chi connectivity index (χ0v) is 19.6. The number of carbonyl (C=O) groups excluding carboxylic acids is 1. The third-order valence-electron chi connectivity index (χ3n) is 5.91. The van der Waals surface area contributed by atoms with Crippen molar-refractivity contribution in [1.29, 1.82) is 5.26 Å². The van der Waals surface area contributed by atoms with Crippen LogP contribution in [0.4, 0.5) is 10.5 Å². The summed E-state index contributed by atoms with van der Waals surface area (Å²) in [6, 6.07) is 15.5. The normalized spacial score (nSPS) is 14.4. The SMILES string of the molecule is CCn1c(-c2ccc(O)cc2)c(C#N)c2ccc(N3CCN(C(=O)OC(C)(C)C)CC3)cc21. The lowest BCUT2D eigenvalue weighted by Crippen LogP contribution is -2.50. The fraction of sp³-hybridized carbons (Fsp3) is 0.385. The summed E-state index contributed by atoms with van der Waals surface area (Å²) >= 11 is 0. The van der Waals surface area contributed by atoms with Gasteiger partial charge in [0.15, 0.2) is 0 Å². The average molecular weight is 447 g/mol. The number of benzene rings is 2. The van der Waals surface area contributed by atoms with E-state index < -0.39 is 5.60 Å². The highest BCUT2D eigenvalue weighted by molar-refractivity contribution is 5.96. The van der Waals surface area contributed by atoms with E-state index in [4.69, 9.17) is 4.74 Å². The molecule has 1 fully saturated rings. The molecule has 1 saturated heterocycles. The van der Waals surface area contributed by atoms with Crippen molar-refractivity contribution in [1.82, 2.24) is 9.47 Å². The number of phenolic OH excluding ortho intramolecular Hbond substituents is 1. The summed E-state index contributed by atoms with van der Waals surface area (Å²) in [7, 11) is 0. The van der Waals surface area contributed by atoms with Crippen LogP contribution in [-0.4, -0.2) is 52.4 Å². The Morgan fingerprint density at radius 3 is 2.33 bits per heavy atom. The van der Waals surface area contributed by atoms with E-state index in [2.05, 4.69) is 28.5 Å². The summed E-state index contributed by atoms with van der Waals surface area (Å²) in [5.41, 5.74) is 3.97. The van der Waals surface area contributed by atoms with Gasteiger partial charge >= 0.3 is 6.09 Å². The number of aromatic hydroxyl groups is 1. The number of aromatic nitrogens is 1. The number of rotatable bonds is 3. The van der Waals surface area contributed by atoms with E-state index in [9.17, 15) is 15.2 Å². The Bertz CT molecular complexity index is 1210. The van der Waals surface area contributed by atoms with E-state index in [1.807, 2.05) is 45.0 Å². The second kappa shape index (κ2) is 8.70. The van der Waals surface area contributed by atoms with E-state index in [-0.39, 0.29) is 11.8 Å². The van der Waals surface area contributed by atoms with Crippen molar-refractivity contribution in [3.05, 3.63) is 48.0 Å². The number of nitriles is 1. The molecule has 33 heavy (non-hydrogen) atoms. The van der Waals surface area contributed by atoms with Gasteiger partial charge in [-0.3, -0.25) is 0 Å². The van der Waals surface area contributed by atoms with E-state index >= 15 is 0 Å². The third kappa shape index (κ3) is 4.47. The molecule has 0 unspecified atom stereocenters. The molecule has 0 atom stereocenters. The lowest BCUT2D eigenvalue weighted by molar-refractivity contribution is 0.0240. The third-order valence-corrected chi connectivity index (χ3v) is 5.91. The van der Waals surface area contributed by atoms with E-state index in [0.29, 0.717) is 38.3 Å². The number of amides is 1. The number of carbonyl (C=O) groups is 1. The summed E-state index contributed by atoms with van der Waals surface area (Å²) in [6.07, 6.45) is -0.269. The van der Waals surface area contributed by atoms with Gasteiger partial charge in [-0.1, -0.05) is 0 Å². The van der Waals surface area contributed by atoms with Crippen LogP contribution in [0.1, 0.15) is 33.3 Å². The molecule has 0 spiro atoms. The fourth-order valence-electron chi connectivity index (χ4n) is 4.37. The number of ether oxygens (including phenoxy) is 1. The Balaban J connectivity index is 1.63. The minimum Gasteiger partial charge on any atom is -0.508 e.